The maximum atomic E-state index is 3.73. The van der Waals surface area contributed by atoms with Crippen molar-refractivity contribution >= 4 is 0 Å². The highest BCUT2D eigenvalue weighted by Crippen LogP contribution is 2.29. The van der Waals surface area contributed by atoms with Gasteiger partial charge in [-0.25, -0.2) is 0 Å². The van der Waals surface area contributed by atoms with Gasteiger partial charge in [0.05, 0.1) is 0 Å². The van der Waals surface area contributed by atoms with Gasteiger partial charge in [0.25, 0.3) is 0 Å². The Balaban J connectivity index is 2.04. The summed E-state index contributed by atoms with van der Waals surface area (Å²) in [5.74, 6) is 0.794. The number of nitrogens with zero attached hydrogens (tertiary/aromatic N) is 1. The summed E-state index contributed by atoms with van der Waals surface area (Å²) in [6.07, 6.45) is 8.35. The van der Waals surface area contributed by atoms with E-state index in [1.165, 1.54) is 51.6 Å². The molecule has 2 nitrogen and oxygen atoms in total. The molecule has 2 heterocycles. The van der Waals surface area contributed by atoms with Crippen LogP contribution in [-0.4, -0.2) is 36.1 Å². The predicted molar refractivity (Wildman–Crippen MR) is 74.3 cm³/mol. The van der Waals surface area contributed by atoms with E-state index >= 15 is 0 Å². The number of nitrogens with one attached hydrogen (secondary N) is 1. The standard InChI is InChI=1S/C15H30N2/c1-4-14(12(2)3)17-11-6-5-9-15(17)13-8-7-10-16-13/h12-16H,4-11H2,1-3H3. The average Bonchev–Trinajstić information content (AvgIpc) is 2.83. The van der Waals surface area contributed by atoms with E-state index in [0.717, 1.165) is 24.0 Å². The third-order valence-corrected chi connectivity index (χ3v) is 4.77. The van der Waals surface area contributed by atoms with Crippen LogP contribution in [0.3, 0.4) is 0 Å². The molecule has 0 spiro atoms. The van der Waals surface area contributed by atoms with E-state index in [2.05, 4.69) is 31.0 Å². The molecule has 0 aliphatic carbocycles. The lowest BCUT2D eigenvalue weighted by Gasteiger charge is -2.45. The molecule has 1 N–H and O–H groups in total. The van der Waals surface area contributed by atoms with Gasteiger partial charge in [-0.15, -0.1) is 0 Å². The first kappa shape index (κ1) is 13.4. The highest BCUT2D eigenvalue weighted by molar-refractivity contribution is 4.93. The molecule has 0 aromatic heterocycles. The molecule has 0 radical (unpaired) electrons. The third-order valence-electron chi connectivity index (χ3n) is 4.77. The van der Waals surface area contributed by atoms with Gasteiger partial charge in [0.1, 0.15) is 0 Å². The van der Waals surface area contributed by atoms with E-state index in [0.29, 0.717) is 0 Å². The fraction of sp³-hybridized carbons (Fsp3) is 1.00. The Bertz CT molecular complexity index is 221. The van der Waals surface area contributed by atoms with E-state index in [1.54, 1.807) is 0 Å². The zero-order chi connectivity index (χ0) is 12.3. The summed E-state index contributed by atoms with van der Waals surface area (Å²) in [4.78, 5) is 2.84. The molecule has 2 fully saturated rings. The van der Waals surface area contributed by atoms with Crippen molar-refractivity contribution in [3.8, 4) is 0 Å². The van der Waals surface area contributed by atoms with Crippen molar-refractivity contribution in [3.05, 3.63) is 0 Å². The van der Waals surface area contributed by atoms with Crippen molar-refractivity contribution in [1.29, 1.82) is 0 Å². The van der Waals surface area contributed by atoms with E-state index in [4.69, 9.17) is 0 Å². The van der Waals surface area contributed by atoms with Gasteiger partial charge in [0.15, 0.2) is 0 Å². The van der Waals surface area contributed by atoms with Crippen LogP contribution in [0.5, 0.6) is 0 Å². The summed E-state index contributed by atoms with van der Waals surface area (Å²) in [6.45, 7) is 9.72. The number of likely N-dealkylation sites (tertiary alicyclic amines) is 1. The molecule has 0 aromatic rings. The molecule has 0 saturated carbocycles. The van der Waals surface area contributed by atoms with Gasteiger partial charge in [0, 0.05) is 18.1 Å². The van der Waals surface area contributed by atoms with E-state index in [-0.39, 0.29) is 0 Å². The Morgan fingerprint density at radius 3 is 2.59 bits per heavy atom. The van der Waals surface area contributed by atoms with Gasteiger partial charge in [0.2, 0.25) is 0 Å². The Kier molecular flexibility index (Phi) is 4.87. The summed E-state index contributed by atoms with van der Waals surface area (Å²) >= 11 is 0. The maximum absolute atomic E-state index is 3.73. The summed E-state index contributed by atoms with van der Waals surface area (Å²) in [5, 5.41) is 3.73. The minimum absolute atomic E-state index is 0.781. The first-order valence-electron chi connectivity index (χ1n) is 7.73. The van der Waals surface area contributed by atoms with E-state index in [1.807, 2.05) is 0 Å². The number of hydrogen-bond acceptors (Lipinski definition) is 2. The van der Waals surface area contributed by atoms with E-state index < -0.39 is 0 Å². The highest BCUT2D eigenvalue weighted by atomic mass is 15.2. The summed E-state index contributed by atoms with van der Waals surface area (Å²) < 4.78 is 0. The second-order valence-electron chi connectivity index (χ2n) is 6.22. The normalized spacial score (nSPS) is 33.2. The van der Waals surface area contributed by atoms with Crippen LogP contribution in [0.15, 0.2) is 0 Å². The van der Waals surface area contributed by atoms with Gasteiger partial charge in [-0.2, -0.15) is 0 Å². The van der Waals surface area contributed by atoms with Gasteiger partial charge >= 0.3 is 0 Å². The number of hydrogen-bond donors (Lipinski definition) is 1. The van der Waals surface area contributed by atoms with Crippen molar-refractivity contribution in [1.82, 2.24) is 10.2 Å². The summed E-state index contributed by atoms with van der Waals surface area (Å²) in [7, 11) is 0. The topological polar surface area (TPSA) is 15.3 Å². The molecule has 2 rings (SSSR count). The minimum atomic E-state index is 0.781. The Morgan fingerprint density at radius 1 is 1.18 bits per heavy atom. The Labute approximate surface area is 107 Å². The van der Waals surface area contributed by atoms with Crippen molar-refractivity contribution in [3.63, 3.8) is 0 Å². The molecule has 0 aromatic carbocycles. The Hall–Kier alpha value is -0.0800. The molecule has 3 unspecified atom stereocenters. The van der Waals surface area contributed by atoms with Gasteiger partial charge in [-0.1, -0.05) is 27.2 Å². The molecule has 2 saturated heterocycles. The first-order chi connectivity index (χ1) is 8.24. The van der Waals surface area contributed by atoms with Crippen LogP contribution in [0.1, 0.15) is 59.3 Å². The van der Waals surface area contributed by atoms with Gasteiger partial charge in [-0.3, -0.25) is 4.90 Å². The van der Waals surface area contributed by atoms with Crippen LogP contribution in [0.25, 0.3) is 0 Å². The quantitative estimate of drug-likeness (QED) is 0.810. The molecule has 100 valence electrons. The van der Waals surface area contributed by atoms with Crippen LogP contribution in [0.2, 0.25) is 0 Å². The van der Waals surface area contributed by atoms with Crippen LogP contribution in [-0.2, 0) is 0 Å². The molecular formula is C15H30N2. The maximum Gasteiger partial charge on any atom is 0.0252 e. The molecule has 17 heavy (non-hydrogen) atoms. The summed E-state index contributed by atoms with van der Waals surface area (Å²) in [5.41, 5.74) is 0. The van der Waals surface area contributed by atoms with Crippen molar-refractivity contribution in [2.75, 3.05) is 13.1 Å². The first-order valence-corrected chi connectivity index (χ1v) is 7.73. The lowest BCUT2D eigenvalue weighted by atomic mass is 9.89. The second kappa shape index (κ2) is 6.19. The Morgan fingerprint density at radius 2 is 2.00 bits per heavy atom. The molecule has 3 atom stereocenters. The zero-order valence-electron chi connectivity index (χ0n) is 11.9. The smallest absolute Gasteiger partial charge is 0.0252 e. The predicted octanol–water partition coefficient (Wildman–Crippen LogP) is 3.03. The molecular weight excluding hydrogens is 208 g/mol. The van der Waals surface area contributed by atoms with Crippen molar-refractivity contribution < 1.29 is 0 Å². The van der Waals surface area contributed by atoms with E-state index in [9.17, 15) is 0 Å². The second-order valence-corrected chi connectivity index (χ2v) is 6.22. The van der Waals surface area contributed by atoms with Gasteiger partial charge < -0.3 is 5.32 Å². The molecule has 0 bridgehead atoms. The largest absolute Gasteiger partial charge is 0.312 e. The van der Waals surface area contributed by atoms with Crippen LogP contribution in [0.4, 0.5) is 0 Å². The molecule has 2 aliphatic heterocycles. The lowest BCUT2D eigenvalue weighted by molar-refractivity contribution is 0.0490. The van der Waals surface area contributed by atoms with Gasteiger partial charge in [-0.05, 0) is 51.1 Å². The monoisotopic (exact) mass is 238 g/mol. The molecule has 0 amide bonds. The minimum Gasteiger partial charge on any atom is -0.312 e. The van der Waals surface area contributed by atoms with Crippen LogP contribution >= 0.6 is 0 Å². The number of piperidine rings is 1. The molecule has 2 heteroatoms. The van der Waals surface area contributed by atoms with Crippen LogP contribution < -0.4 is 5.32 Å². The fourth-order valence-electron chi connectivity index (χ4n) is 3.95. The third kappa shape index (κ3) is 3.03. The molecule has 2 aliphatic rings. The summed E-state index contributed by atoms with van der Waals surface area (Å²) in [6, 6.07) is 2.39. The average molecular weight is 238 g/mol. The SMILES string of the molecule is CCC(C(C)C)N1CCCCC1C1CCCN1. The zero-order valence-corrected chi connectivity index (χ0v) is 11.9. The van der Waals surface area contributed by atoms with Crippen LogP contribution in [0, 0.1) is 5.92 Å². The van der Waals surface area contributed by atoms with Crippen molar-refractivity contribution in [2.24, 2.45) is 5.92 Å². The fourth-order valence-corrected chi connectivity index (χ4v) is 3.95. The van der Waals surface area contributed by atoms with Crippen molar-refractivity contribution in [2.45, 2.75) is 77.4 Å². The highest BCUT2D eigenvalue weighted by Gasteiger charge is 2.35. The lowest BCUT2D eigenvalue weighted by Crippen LogP contribution is -2.55. The number of rotatable bonds is 4.